The number of hydrogen-bond acceptors (Lipinski definition) is 2. The maximum absolute atomic E-state index is 4.49. The van der Waals surface area contributed by atoms with Crippen molar-refractivity contribution >= 4 is 0 Å². The van der Waals surface area contributed by atoms with Crippen molar-refractivity contribution in [1.82, 2.24) is 15.1 Å². The zero-order valence-electron chi connectivity index (χ0n) is 12.5. The van der Waals surface area contributed by atoms with E-state index in [0.29, 0.717) is 6.04 Å². The standard InChI is InChI=1S/C17H25N3/c1-3-5-7-12-17(18-4-2)15-13-19-20(14-15)16-10-8-6-9-11-16/h6,8-11,13-14,17-18H,3-5,7,12H2,1-2H3. The zero-order chi connectivity index (χ0) is 14.2. The Balaban J connectivity index is 2.08. The fourth-order valence-electron chi connectivity index (χ4n) is 2.47. The van der Waals surface area contributed by atoms with E-state index in [1.807, 2.05) is 29.1 Å². The normalized spacial score (nSPS) is 12.5. The fraction of sp³-hybridized carbons (Fsp3) is 0.471. The van der Waals surface area contributed by atoms with Gasteiger partial charge in [0.1, 0.15) is 0 Å². The molecule has 0 bridgehead atoms. The molecule has 2 rings (SSSR count). The predicted molar refractivity (Wildman–Crippen MR) is 84.1 cm³/mol. The Bertz CT molecular complexity index is 490. The van der Waals surface area contributed by atoms with E-state index in [0.717, 1.165) is 12.2 Å². The molecule has 0 aliphatic rings. The molecule has 1 N–H and O–H groups in total. The van der Waals surface area contributed by atoms with Crippen molar-refractivity contribution in [2.75, 3.05) is 6.54 Å². The highest BCUT2D eigenvalue weighted by Gasteiger charge is 2.12. The van der Waals surface area contributed by atoms with Crippen LogP contribution in [0.25, 0.3) is 5.69 Å². The number of hydrogen-bond donors (Lipinski definition) is 1. The van der Waals surface area contributed by atoms with E-state index >= 15 is 0 Å². The lowest BCUT2D eigenvalue weighted by molar-refractivity contribution is 0.486. The minimum absolute atomic E-state index is 0.420. The molecule has 1 unspecified atom stereocenters. The Kier molecular flexibility index (Phi) is 5.81. The molecule has 1 aromatic heterocycles. The molecule has 0 spiro atoms. The molecule has 0 amide bonds. The zero-order valence-corrected chi connectivity index (χ0v) is 12.5. The van der Waals surface area contributed by atoms with Gasteiger partial charge in [0.2, 0.25) is 0 Å². The van der Waals surface area contributed by atoms with Crippen molar-refractivity contribution in [2.24, 2.45) is 0 Å². The Hall–Kier alpha value is -1.61. The van der Waals surface area contributed by atoms with E-state index in [9.17, 15) is 0 Å². The molecule has 1 atom stereocenters. The van der Waals surface area contributed by atoms with E-state index in [2.05, 4.69) is 42.6 Å². The molecule has 0 radical (unpaired) electrons. The highest BCUT2D eigenvalue weighted by Crippen LogP contribution is 2.20. The van der Waals surface area contributed by atoms with Crippen LogP contribution in [-0.2, 0) is 0 Å². The topological polar surface area (TPSA) is 29.9 Å². The summed E-state index contributed by atoms with van der Waals surface area (Å²) in [5.41, 5.74) is 2.40. The third-order valence-electron chi connectivity index (χ3n) is 3.57. The van der Waals surface area contributed by atoms with Gasteiger partial charge in [-0.3, -0.25) is 0 Å². The van der Waals surface area contributed by atoms with Gasteiger partial charge in [-0.1, -0.05) is 51.3 Å². The number of nitrogens with zero attached hydrogens (tertiary/aromatic N) is 2. The number of unbranched alkanes of at least 4 members (excludes halogenated alkanes) is 2. The molecule has 1 heterocycles. The van der Waals surface area contributed by atoms with Crippen LogP contribution in [0.4, 0.5) is 0 Å². The number of para-hydroxylation sites is 1. The lowest BCUT2D eigenvalue weighted by Gasteiger charge is -2.15. The van der Waals surface area contributed by atoms with E-state index in [1.54, 1.807) is 0 Å². The van der Waals surface area contributed by atoms with Gasteiger partial charge < -0.3 is 5.32 Å². The highest BCUT2D eigenvalue weighted by molar-refractivity contribution is 5.31. The molecular formula is C17H25N3. The van der Waals surface area contributed by atoms with Gasteiger partial charge >= 0.3 is 0 Å². The second kappa shape index (κ2) is 7.85. The van der Waals surface area contributed by atoms with E-state index < -0.39 is 0 Å². The molecule has 20 heavy (non-hydrogen) atoms. The van der Waals surface area contributed by atoms with Crippen molar-refractivity contribution in [3.8, 4) is 5.69 Å². The molecule has 3 nitrogen and oxygen atoms in total. The number of nitrogens with one attached hydrogen (secondary N) is 1. The third kappa shape index (κ3) is 3.94. The van der Waals surface area contributed by atoms with E-state index in [4.69, 9.17) is 0 Å². The summed E-state index contributed by atoms with van der Waals surface area (Å²) in [4.78, 5) is 0. The van der Waals surface area contributed by atoms with Crippen molar-refractivity contribution in [2.45, 2.75) is 45.6 Å². The molecule has 0 fully saturated rings. The number of rotatable bonds is 8. The number of benzene rings is 1. The lowest BCUT2D eigenvalue weighted by Crippen LogP contribution is -2.20. The lowest BCUT2D eigenvalue weighted by atomic mass is 10.0. The summed E-state index contributed by atoms with van der Waals surface area (Å²) in [7, 11) is 0. The van der Waals surface area contributed by atoms with Crippen LogP contribution < -0.4 is 5.32 Å². The molecule has 0 saturated heterocycles. The monoisotopic (exact) mass is 271 g/mol. The van der Waals surface area contributed by atoms with Gasteiger partial charge in [-0.25, -0.2) is 4.68 Å². The second-order valence-electron chi connectivity index (χ2n) is 5.16. The SMILES string of the molecule is CCCCCC(NCC)c1cnn(-c2ccccc2)c1. The summed E-state index contributed by atoms with van der Waals surface area (Å²) in [5, 5.41) is 8.06. The third-order valence-corrected chi connectivity index (χ3v) is 3.57. The van der Waals surface area contributed by atoms with E-state index in [1.165, 1.54) is 31.2 Å². The van der Waals surface area contributed by atoms with Crippen LogP contribution >= 0.6 is 0 Å². The fourth-order valence-corrected chi connectivity index (χ4v) is 2.47. The quantitative estimate of drug-likeness (QED) is 0.732. The smallest absolute Gasteiger partial charge is 0.0645 e. The maximum atomic E-state index is 4.49. The van der Waals surface area contributed by atoms with Gasteiger partial charge in [0.05, 0.1) is 11.9 Å². The Labute approximate surface area is 122 Å². The second-order valence-corrected chi connectivity index (χ2v) is 5.16. The summed E-state index contributed by atoms with van der Waals surface area (Å²) in [6.45, 7) is 5.40. The minimum atomic E-state index is 0.420. The van der Waals surface area contributed by atoms with Gasteiger partial charge in [0.25, 0.3) is 0 Å². The van der Waals surface area contributed by atoms with Gasteiger partial charge in [-0.2, -0.15) is 5.10 Å². The van der Waals surface area contributed by atoms with Crippen molar-refractivity contribution in [1.29, 1.82) is 0 Å². The van der Waals surface area contributed by atoms with Crippen molar-refractivity contribution in [3.05, 3.63) is 48.3 Å². The summed E-state index contributed by atoms with van der Waals surface area (Å²) < 4.78 is 1.96. The molecule has 2 aromatic rings. The van der Waals surface area contributed by atoms with Crippen LogP contribution in [0, 0.1) is 0 Å². The summed E-state index contributed by atoms with van der Waals surface area (Å²) in [5.74, 6) is 0. The van der Waals surface area contributed by atoms with Crippen LogP contribution in [0.2, 0.25) is 0 Å². The van der Waals surface area contributed by atoms with Gasteiger partial charge in [0.15, 0.2) is 0 Å². The van der Waals surface area contributed by atoms with Crippen molar-refractivity contribution < 1.29 is 0 Å². The minimum Gasteiger partial charge on any atom is -0.310 e. The molecule has 0 aliphatic carbocycles. The first-order chi connectivity index (χ1) is 9.85. The van der Waals surface area contributed by atoms with Crippen LogP contribution in [0.15, 0.2) is 42.7 Å². The molecule has 0 saturated carbocycles. The Morgan fingerprint density at radius 2 is 1.95 bits per heavy atom. The average molecular weight is 271 g/mol. The molecule has 108 valence electrons. The van der Waals surface area contributed by atoms with Crippen LogP contribution in [0.1, 0.15) is 51.1 Å². The average Bonchev–Trinajstić information content (AvgIpc) is 2.97. The highest BCUT2D eigenvalue weighted by atomic mass is 15.3. The van der Waals surface area contributed by atoms with Crippen molar-refractivity contribution in [3.63, 3.8) is 0 Å². The van der Waals surface area contributed by atoms with Gasteiger partial charge in [-0.15, -0.1) is 0 Å². The summed E-state index contributed by atoms with van der Waals surface area (Å²) in [6.07, 6.45) is 9.16. The van der Waals surface area contributed by atoms with Crippen LogP contribution in [-0.4, -0.2) is 16.3 Å². The maximum Gasteiger partial charge on any atom is 0.0645 e. The van der Waals surface area contributed by atoms with Crippen LogP contribution in [0.3, 0.4) is 0 Å². The largest absolute Gasteiger partial charge is 0.310 e. The molecule has 1 aromatic carbocycles. The van der Waals surface area contributed by atoms with E-state index in [-0.39, 0.29) is 0 Å². The Morgan fingerprint density at radius 1 is 1.15 bits per heavy atom. The number of aromatic nitrogens is 2. The molecule has 3 heteroatoms. The van der Waals surface area contributed by atoms with Gasteiger partial charge in [-0.05, 0) is 25.1 Å². The first kappa shape index (κ1) is 14.8. The summed E-state index contributed by atoms with van der Waals surface area (Å²) >= 11 is 0. The predicted octanol–water partition coefficient (Wildman–Crippen LogP) is 4.10. The van der Waals surface area contributed by atoms with Gasteiger partial charge in [0, 0.05) is 17.8 Å². The first-order valence-electron chi connectivity index (χ1n) is 7.68. The molecule has 0 aliphatic heterocycles. The summed E-state index contributed by atoms with van der Waals surface area (Å²) in [6, 6.07) is 10.7. The van der Waals surface area contributed by atoms with Crippen LogP contribution in [0.5, 0.6) is 0 Å². The Morgan fingerprint density at radius 3 is 2.65 bits per heavy atom. The molecular weight excluding hydrogens is 246 g/mol. The first-order valence-corrected chi connectivity index (χ1v) is 7.68.